The third-order valence-electron chi connectivity index (χ3n) is 7.74. The van der Waals surface area contributed by atoms with E-state index in [-0.39, 0.29) is 11.8 Å². The van der Waals surface area contributed by atoms with Crippen molar-refractivity contribution >= 4 is 17.8 Å². The van der Waals surface area contributed by atoms with E-state index >= 15 is 0 Å². The van der Waals surface area contributed by atoms with Crippen LogP contribution in [-0.4, -0.2) is 68.0 Å². The molecule has 0 N–H and O–H groups in total. The summed E-state index contributed by atoms with van der Waals surface area (Å²) in [6.07, 6.45) is 1.24. The molecule has 0 aromatic heterocycles. The van der Waals surface area contributed by atoms with Crippen molar-refractivity contribution in [1.82, 2.24) is 9.80 Å². The fraction of sp³-hybridized carbons (Fsp3) is 0.423. The van der Waals surface area contributed by atoms with Crippen LogP contribution < -0.4 is 9.47 Å². The Balaban J connectivity index is 1.62. The van der Waals surface area contributed by atoms with E-state index in [0.717, 1.165) is 28.9 Å². The molecular formula is C26H28N2O6. The molecule has 0 spiro atoms. The Morgan fingerprint density at radius 1 is 1.00 bits per heavy atom. The molecule has 3 heterocycles. The maximum atomic E-state index is 13.3. The highest BCUT2D eigenvalue weighted by atomic mass is 16.5. The van der Waals surface area contributed by atoms with Crippen LogP contribution in [0.5, 0.6) is 11.5 Å². The number of hydrogen-bond acceptors (Lipinski definition) is 7. The molecule has 0 saturated carbocycles. The molecule has 2 aromatic rings. The van der Waals surface area contributed by atoms with E-state index < -0.39 is 29.4 Å². The molecule has 2 amide bonds. The van der Waals surface area contributed by atoms with Gasteiger partial charge in [-0.05, 0) is 48.7 Å². The Morgan fingerprint density at radius 3 is 2.38 bits per heavy atom. The van der Waals surface area contributed by atoms with Crippen molar-refractivity contribution in [2.75, 3.05) is 34.9 Å². The standard InChI is InChI=1S/C26H28N2O6/c1-27-23(29)20-21(24(27)30)26(25(31)34-4)12-5-13-28(26)22(20)16-8-11-18(19(14-16)33-3)15-6-9-17(32-2)10-7-15/h6-11,14,20-22H,5,12-13H2,1-4H3/t20?,21?,22?,26-/m0/s1. The summed E-state index contributed by atoms with van der Waals surface area (Å²) in [4.78, 5) is 42.8. The van der Waals surface area contributed by atoms with Crippen LogP contribution in [0.15, 0.2) is 42.5 Å². The topological polar surface area (TPSA) is 85.4 Å². The van der Waals surface area contributed by atoms with Crippen LogP contribution in [0.1, 0.15) is 24.4 Å². The van der Waals surface area contributed by atoms with Crippen LogP contribution in [-0.2, 0) is 19.1 Å². The first-order valence-electron chi connectivity index (χ1n) is 11.4. The minimum atomic E-state index is -1.12. The molecule has 3 aliphatic rings. The molecule has 8 nitrogen and oxygen atoms in total. The van der Waals surface area contributed by atoms with E-state index in [2.05, 4.69) is 0 Å². The Morgan fingerprint density at radius 2 is 1.74 bits per heavy atom. The van der Waals surface area contributed by atoms with Crippen molar-refractivity contribution in [3.63, 3.8) is 0 Å². The van der Waals surface area contributed by atoms with Gasteiger partial charge in [0.2, 0.25) is 11.8 Å². The number of methoxy groups -OCH3 is 3. The predicted octanol–water partition coefficient (Wildman–Crippen LogP) is 2.66. The quantitative estimate of drug-likeness (QED) is 0.497. The third-order valence-corrected chi connectivity index (χ3v) is 7.74. The molecule has 5 rings (SSSR count). The Hall–Kier alpha value is -3.39. The van der Waals surface area contributed by atoms with E-state index in [0.29, 0.717) is 18.7 Å². The highest BCUT2D eigenvalue weighted by molar-refractivity contribution is 6.09. The van der Waals surface area contributed by atoms with E-state index in [1.54, 1.807) is 14.2 Å². The molecule has 4 atom stereocenters. The number of imide groups is 1. The normalized spacial score (nSPS) is 28.1. The fourth-order valence-electron chi connectivity index (χ4n) is 6.24. The average molecular weight is 465 g/mol. The van der Waals surface area contributed by atoms with Crippen LogP contribution in [0, 0.1) is 11.8 Å². The van der Waals surface area contributed by atoms with E-state index in [1.165, 1.54) is 19.1 Å². The fourth-order valence-corrected chi connectivity index (χ4v) is 6.24. The van der Waals surface area contributed by atoms with E-state index in [1.807, 2.05) is 47.4 Å². The zero-order valence-electron chi connectivity index (χ0n) is 19.7. The molecule has 0 bridgehead atoms. The summed E-state index contributed by atoms with van der Waals surface area (Å²) >= 11 is 0. The largest absolute Gasteiger partial charge is 0.497 e. The molecule has 3 aliphatic heterocycles. The van der Waals surface area contributed by atoms with Gasteiger partial charge < -0.3 is 14.2 Å². The number of rotatable bonds is 5. The van der Waals surface area contributed by atoms with Gasteiger partial charge in [0.1, 0.15) is 17.0 Å². The molecule has 0 radical (unpaired) electrons. The summed E-state index contributed by atoms with van der Waals surface area (Å²) in [5.74, 6) is -0.990. The van der Waals surface area contributed by atoms with Crippen LogP contribution in [0.3, 0.4) is 0 Å². The van der Waals surface area contributed by atoms with Gasteiger partial charge in [-0.2, -0.15) is 0 Å². The second-order valence-electron chi connectivity index (χ2n) is 9.08. The van der Waals surface area contributed by atoms with E-state index in [9.17, 15) is 14.4 Å². The van der Waals surface area contributed by atoms with Gasteiger partial charge >= 0.3 is 5.97 Å². The van der Waals surface area contributed by atoms with Gasteiger partial charge in [-0.15, -0.1) is 0 Å². The maximum Gasteiger partial charge on any atom is 0.327 e. The first-order valence-corrected chi connectivity index (χ1v) is 11.4. The lowest BCUT2D eigenvalue weighted by molar-refractivity contribution is -0.158. The van der Waals surface area contributed by atoms with Crippen LogP contribution in [0.4, 0.5) is 0 Å². The maximum absolute atomic E-state index is 13.3. The van der Waals surface area contributed by atoms with Crippen LogP contribution in [0.2, 0.25) is 0 Å². The Labute approximate surface area is 198 Å². The monoisotopic (exact) mass is 464 g/mol. The Kier molecular flexibility index (Phi) is 5.36. The zero-order chi connectivity index (χ0) is 24.2. The van der Waals surface area contributed by atoms with Crippen molar-refractivity contribution in [2.45, 2.75) is 24.4 Å². The Bertz CT molecular complexity index is 1160. The van der Waals surface area contributed by atoms with Gasteiger partial charge in [0.15, 0.2) is 0 Å². The second-order valence-corrected chi connectivity index (χ2v) is 9.08. The summed E-state index contributed by atoms with van der Waals surface area (Å²) in [5.41, 5.74) is 1.58. The number of esters is 1. The van der Waals surface area contributed by atoms with Crippen molar-refractivity contribution in [3.8, 4) is 22.6 Å². The zero-order valence-corrected chi connectivity index (χ0v) is 19.7. The molecular weight excluding hydrogens is 436 g/mol. The number of nitrogens with zero attached hydrogens (tertiary/aromatic N) is 2. The number of carbonyl (C=O) groups excluding carboxylic acids is 3. The minimum Gasteiger partial charge on any atom is -0.497 e. The summed E-state index contributed by atoms with van der Waals surface area (Å²) < 4.78 is 16.2. The SMILES string of the molecule is COC(=O)[C@@]12CCCN1C(c1ccc(-c3ccc(OC)cc3)c(OC)c1)C1C(=O)N(C)C(=O)C12. The smallest absolute Gasteiger partial charge is 0.327 e. The lowest BCUT2D eigenvalue weighted by Crippen LogP contribution is -2.54. The van der Waals surface area contributed by atoms with Gasteiger partial charge in [0, 0.05) is 18.7 Å². The number of amides is 2. The molecule has 34 heavy (non-hydrogen) atoms. The number of likely N-dealkylation sites (tertiary alicyclic amines) is 1. The minimum absolute atomic E-state index is 0.254. The lowest BCUT2D eigenvalue weighted by atomic mass is 9.77. The highest BCUT2D eigenvalue weighted by Crippen LogP contribution is 2.59. The number of benzene rings is 2. The number of carbonyl (C=O) groups is 3. The molecule has 3 saturated heterocycles. The summed E-state index contributed by atoms with van der Waals surface area (Å²) in [5, 5.41) is 0. The predicted molar refractivity (Wildman–Crippen MR) is 123 cm³/mol. The first kappa shape index (κ1) is 22.4. The van der Waals surface area contributed by atoms with Crippen molar-refractivity contribution in [3.05, 3.63) is 48.0 Å². The van der Waals surface area contributed by atoms with Crippen LogP contribution in [0.25, 0.3) is 11.1 Å². The van der Waals surface area contributed by atoms with Gasteiger partial charge in [0.05, 0.1) is 33.2 Å². The van der Waals surface area contributed by atoms with Crippen molar-refractivity contribution in [2.24, 2.45) is 11.8 Å². The van der Waals surface area contributed by atoms with E-state index in [4.69, 9.17) is 14.2 Å². The third kappa shape index (κ3) is 2.91. The number of hydrogen-bond donors (Lipinski definition) is 0. The molecule has 3 fully saturated rings. The van der Waals surface area contributed by atoms with Crippen molar-refractivity contribution < 1.29 is 28.6 Å². The molecule has 178 valence electrons. The average Bonchev–Trinajstić information content (AvgIpc) is 3.49. The van der Waals surface area contributed by atoms with Crippen LogP contribution >= 0.6 is 0 Å². The summed E-state index contributed by atoms with van der Waals surface area (Å²) in [6.45, 7) is 0.611. The highest BCUT2D eigenvalue weighted by Gasteiger charge is 2.73. The molecule has 3 unspecified atom stereocenters. The summed E-state index contributed by atoms with van der Waals surface area (Å²) in [7, 11) is 6.07. The van der Waals surface area contributed by atoms with Gasteiger partial charge in [-0.25, -0.2) is 0 Å². The number of fused-ring (bicyclic) bond motifs is 3. The second kappa shape index (κ2) is 8.13. The number of ether oxygens (including phenoxy) is 3. The van der Waals surface area contributed by atoms with Gasteiger partial charge in [0.25, 0.3) is 0 Å². The summed E-state index contributed by atoms with van der Waals surface area (Å²) in [6, 6.07) is 13.1. The van der Waals surface area contributed by atoms with Gasteiger partial charge in [-0.1, -0.05) is 24.3 Å². The van der Waals surface area contributed by atoms with Gasteiger partial charge in [-0.3, -0.25) is 24.2 Å². The molecule has 0 aliphatic carbocycles. The molecule has 2 aromatic carbocycles. The first-order chi connectivity index (χ1) is 16.4. The molecule has 8 heteroatoms. The lowest BCUT2D eigenvalue weighted by Gasteiger charge is -2.35. The van der Waals surface area contributed by atoms with Crippen molar-refractivity contribution in [1.29, 1.82) is 0 Å².